The maximum atomic E-state index is 3.98. The van der Waals surface area contributed by atoms with Gasteiger partial charge in [0.25, 0.3) is 0 Å². The van der Waals surface area contributed by atoms with Crippen molar-refractivity contribution in [3.8, 4) is 0 Å². The van der Waals surface area contributed by atoms with E-state index in [0.717, 1.165) is 6.42 Å². The molecule has 0 spiro atoms. The standard InChI is InChI=1S/C14H11BrN.C5H5.2ClH.Zr/c1-10-7-11-9-14(15)16(13(11)8-10)12-5-3-2-4-6-12;1-2-4-5-3-1;;;/h2-8,14H,1H3;1-3H,4H2;2*1H;/q;;;;+2/p-2. The van der Waals surface area contributed by atoms with E-state index in [4.69, 9.17) is 0 Å². The summed E-state index contributed by atoms with van der Waals surface area (Å²) in [6, 6.07) is 10.7. The van der Waals surface area contributed by atoms with Gasteiger partial charge in [-0.1, -0.05) is 0 Å². The summed E-state index contributed by atoms with van der Waals surface area (Å²) in [7, 11) is 0. The van der Waals surface area contributed by atoms with E-state index in [0.29, 0.717) is 4.95 Å². The summed E-state index contributed by atoms with van der Waals surface area (Å²) >= 11 is 3.27. The fraction of sp³-hybridized carbons (Fsp3) is 0.158. The zero-order valence-electron chi connectivity index (χ0n) is 13.1. The first-order valence-corrected chi connectivity index (χ1v) is 10.9. The second kappa shape index (κ2) is 8.36. The van der Waals surface area contributed by atoms with Gasteiger partial charge in [-0.25, -0.2) is 0 Å². The SMILES string of the molecule is CC1=CC2=[C]([Zr+2][C]3=CC=CC3)C(Br)N(c3ccccc3)C2=C1.[Cl-].[Cl-]. The maximum Gasteiger partial charge on any atom is -1.00 e. The number of fused-ring (bicyclic) bond motifs is 1. The molecule has 1 aliphatic heterocycles. The monoisotopic (exact) mass is 497 g/mol. The Morgan fingerprint density at radius 3 is 2.54 bits per heavy atom. The Morgan fingerprint density at radius 1 is 1.12 bits per heavy atom. The average Bonchev–Trinajstić information content (AvgIpc) is 3.20. The quantitative estimate of drug-likeness (QED) is 0.391. The molecule has 0 bridgehead atoms. The molecule has 24 heavy (non-hydrogen) atoms. The second-order valence-corrected chi connectivity index (χ2v) is 10.1. The van der Waals surface area contributed by atoms with E-state index in [1.54, 1.807) is 6.56 Å². The average molecular weight is 500 g/mol. The van der Waals surface area contributed by atoms with E-state index in [9.17, 15) is 0 Å². The number of halogens is 3. The van der Waals surface area contributed by atoms with Crippen molar-refractivity contribution in [1.29, 1.82) is 0 Å². The molecule has 1 nitrogen and oxygen atoms in total. The predicted octanol–water partition coefficient (Wildman–Crippen LogP) is -0.740. The van der Waals surface area contributed by atoms with Gasteiger partial charge in [-0.05, 0) is 0 Å². The summed E-state index contributed by atoms with van der Waals surface area (Å²) < 4.78 is 3.31. The van der Waals surface area contributed by atoms with Crippen molar-refractivity contribution < 1.29 is 48.0 Å². The van der Waals surface area contributed by atoms with Gasteiger partial charge < -0.3 is 24.8 Å². The summed E-state index contributed by atoms with van der Waals surface area (Å²) in [4.78, 5) is 2.76. The van der Waals surface area contributed by atoms with E-state index in [1.165, 1.54) is 22.5 Å². The molecule has 0 fully saturated rings. The first-order valence-electron chi connectivity index (χ1n) is 7.49. The van der Waals surface area contributed by atoms with E-state index in [1.807, 2.05) is 0 Å². The molecule has 2 aliphatic carbocycles. The molecular weight excluding hydrogens is 484 g/mol. The number of hydrogen-bond donors (Lipinski definition) is 0. The van der Waals surface area contributed by atoms with E-state index >= 15 is 0 Å². The number of allylic oxidation sites excluding steroid dienone is 7. The van der Waals surface area contributed by atoms with Crippen LogP contribution < -0.4 is 29.7 Å². The molecule has 5 heteroatoms. The van der Waals surface area contributed by atoms with Crippen molar-refractivity contribution in [2.24, 2.45) is 0 Å². The van der Waals surface area contributed by atoms with Crippen LogP contribution in [0.1, 0.15) is 13.3 Å². The molecular formula is C19H16BrCl2NZr. The zero-order chi connectivity index (χ0) is 15.1. The van der Waals surface area contributed by atoms with Crippen LogP contribution >= 0.6 is 15.9 Å². The van der Waals surface area contributed by atoms with Crippen LogP contribution in [-0.2, 0) is 23.2 Å². The fourth-order valence-corrected chi connectivity index (χ4v) is 7.78. The predicted molar refractivity (Wildman–Crippen MR) is 92.3 cm³/mol. The number of rotatable bonds is 3. The molecule has 3 aliphatic rings. The Balaban J connectivity index is 0.00000104. The number of para-hydroxylation sites is 1. The minimum atomic E-state index is -0.710. The normalized spacial score (nSPS) is 20.7. The van der Waals surface area contributed by atoms with Crippen LogP contribution in [0.5, 0.6) is 0 Å². The third-order valence-corrected chi connectivity index (χ3v) is 9.73. The fourth-order valence-electron chi connectivity index (χ4n) is 3.13. The Kier molecular flexibility index (Phi) is 6.96. The van der Waals surface area contributed by atoms with Gasteiger partial charge in [0.05, 0.1) is 0 Å². The number of benzene rings is 1. The van der Waals surface area contributed by atoms with E-state index in [2.05, 4.69) is 88.5 Å². The van der Waals surface area contributed by atoms with E-state index < -0.39 is 23.2 Å². The largest absolute Gasteiger partial charge is 1.00 e. The van der Waals surface area contributed by atoms with Crippen molar-refractivity contribution in [1.82, 2.24) is 0 Å². The van der Waals surface area contributed by atoms with Crippen molar-refractivity contribution in [3.63, 3.8) is 0 Å². The van der Waals surface area contributed by atoms with Gasteiger partial charge in [-0.2, -0.15) is 0 Å². The maximum absolute atomic E-state index is 3.98. The van der Waals surface area contributed by atoms with Crippen molar-refractivity contribution in [2.75, 3.05) is 4.90 Å². The summed E-state index contributed by atoms with van der Waals surface area (Å²) in [5, 5.41) is 0. The van der Waals surface area contributed by atoms with Crippen LogP contribution in [0.3, 0.4) is 0 Å². The van der Waals surface area contributed by atoms with Crippen molar-refractivity contribution >= 4 is 21.6 Å². The number of alkyl halides is 1. The van der Waals surface area contributed by atoms with Crippen LogP contribution in [0.4, 0.5) is 5.69 Å². The molecule has 4 rings (SSSR count). The van der Waals surface area contributed by atoms with Crippen LogP contribution in [-0.4, -0.2) is 4.95 Å². The Morgan fingerprint density at radius 2 is 1.88 bits per heavy atom. The molecule has 1 aromatic carbocycles. The third kappa shape index (κ3) is 3.60. The van der Waals surface area contributed by atoms with Crippen LogP contribution in [0, 0.1) is 0 Å². The molecule has 0 saturated carbocycles. The van der Waals surface area contributed by atoms with Crippen LogP contribution in [0.25, 0.3) is 0 Å². The molecule has 0 radical (unpaired) electrons. The molecule has 0 saturated heterocycles. The summed E-state index contributed by atoms with van der Waals surface area (Å²) in [5.41, 5.74) is 5.47. The first kappa shape index (κ1) is 20.0. The third-order valence-electron chi connectivity index (χ3n) is 4.13. The van der Waals surface area contributed by atoms with Gasteiger partial charge in [-0.15, -0.1) is 0 Å². The Bertz CT molecular complexity index is 778. The summed E-state index contributed by atoms with van der Waals surface area (Å²) in [6.45, 7) is 2.20. The zero-order valence-corrected chi connectivity index (χ0v) is 18.7. The van der Waals surface area contributed by atoms with Gasteiger partial charge in [0.1, 0.15) is 0 Å². The molecule has 1 heterocycles. The minimum Gasteiger partial charge on any atom is -1.00 e. The molecule has 0 aromatic heterocycles. The number of hydrogen-bond acceptors (Lipinski definition) is 1. The number of nitrogens with zero attached hydrogens (tertiary/aromatic N) is 1. The van der Waals surface area contributed by atoms with Gasteiger partial charge in [0.15, 0.2) is 0 Å². The summed E-state index contributed by atoms with van der Waals surface area (Å²) in [6.07, 6.45) is 12.7. The molecule has 122 valence electrons. The molecule has 0 N–H and O–H groups in total. The topological polar surface area (TPSA) is 3.24 Å². The molecule has 1 unspecified atom stereocenters. The Labute approximate surface area is 175 Å². The van der Waals surface area contributed by atoms with Crippen molar-refractivity contribution in [2.45, 2.75) is 18.3 Å². The van der Waals surface area contributed by atoms with Gasteiger partial charge in [0.2, 0.25) is 0 Å². The Hall–Kier alpha value is -0.337. The molecule has 0 amide bonds. The number of anilines is 1. The summed E-state index contributed by atoms with van der Waals surface area (Å²) in [5.74, 6) is 0. The molecule has 1 atom stereocenters. The van der Waals surface area contributed by atoms with Crippen LogP contribution in [0.2, 0.25) is 0 Å². The van der Waals surface area contributed by atoms with Gasteiger partial charge in [-0.3, -0.25) is 0 Å². The first-order chi connectivity index (χ1) is 10.7. The van der Waals surface area contributed by atoms with Gasteiger partial charge >= 0.3 is 152 Å². The second-order valence-electron chi connectivity index (χ2n) is 5.74. The molecule has 1 aromatic rings. The van der Waals surface area contributed by atoms with Crippen molar-refractivity contribution in [3.05, 3.63) is 84.1 Å². The van der Waals surface area contributed by atoms with Crippen LogP contribution in [0.15, 0.2) is 84.1 Å². The smallest absolute Gasteiger partial charge is 1.00 e. The van der Waals surface area contributed by atoms with E-state index in [-0.39, 0.29) is 24.8 Å². The van der Waals surface area contributed by atoms with Gasteiger partial charge in [0, 0.05) is 0 Å². The minimum absolute atomic E-state index is 0.